The minimum atomic E-state index is -3.55. The van der Waals surface area contributed by atoms with Crippen molar-refractivity contribution < 1.29 is 17.6 Å². The van der Waals surface area contributed by atoms with E-state index in [1.54, 1.807) is 24.3 Å². The van der Waals surface area contributed by atoms with Crippen LogP contribution in [0.2, 0.25) is 0 Å². The standard InChI is InChI=1S/C25H32FN3O3S/c1-19(2)20-7-9-22(10-8-20)33(31,32)29-13-11-21(12-14-29)25(30)28-17-15-27(16-18-28)24-6-4-3-5-23(24)26/h3-10,19,21H,11-18H2,1-2H3. The number of anilines is 1. The van der Waals surface area contributed by atoms with E-state index in [1.165, 1.54) is 10.4 Å². The van der Waals surface area contributed by atoms with Gasteiger partial charge in [-0.3, -0.25) is 4.79 Å². The summed E-state index contributed by atoms with van der Waals surface area (Å²) in [7, 11) is -3.55. The maximum Gasteiger partial charge on any atom is 0.243 e. The highest BCUT2D eigenvalue weighted by molar-refractivity contribution is 7.89. The smallest absolute Gasteiger partial charge is 0.243 e. The van der Waals surface area contributed by atoms with Crippen molar-refractivity contribution in [1.82, 2.24) is 9.21 Å². The van der Waals surface area contributed by atoms with Crippen LogP contribution >= 0.6 is 0 Å². The summed E-state index contributed by atoms with van der Waals surface area (Å²) in [6.45, 7) is 7.12. The number of carbonyl (C=O) groups is 1. The van der Waals surface area contributed by atoms with E-state index in [-0.39, 0.29) is 17.6 Å². The first kappa shape index (κ1) is 23.7. The molecule has 0 unspecified atom stereocenters. The van der Waals surface area contributed by atoms with Gasteiger partial charge in [0.15, 0.2) is 0 Å². The summed E-state index contributed by atoms with van der Waals surface area (Å²) in [5, 5.41) is 0. The number of halogens is 1. The highest BCUT2D eigenvalue weighted by Crippen LogP contribution is 2.27. The molecule has 0 spiro atoms. The molecule has 2 heterocycles. The van der Waals surface area contributed by atoms with Crippen molar-refractivity contribution in [1.29, 1.82) is 0 Å². The number of hydrogen-bond donors (Lipinski definition) is 0. The lowest BCUT2D eigenvalue weighted by atomic mass is 9.96. The summed E-state index contributed by atoms with van der Waals surface area (Å²) in [4.78, 5) is 17.2. The van der Waals surface area contributed by atoms with E-state index in [0.717, 1.165) is 5.56 Å². The summed E-state index contributed by atoms with van der Waals surface area (Å²) in [5.74, 6) is 0.0168. The Hall–Kier alpha value is -2.45. The Kier molecular flexibility index (Phi) is 7.05. The van der Waals surface area contributed by atoms with Crippen molar-refractivity contribution in [2.24, 2.45) is 5.92 Å². The molecule has 2 saturated heterocycles. The molecule has 6 nitrogen and oxygen atoms in total. The van der Waals surface area contributed by atoms with Crippen LogP contribution in [0.5, 0.6) is 0 Å². The maximum atomic E-state index is 14.1. The first-order chi connectivity index (χ1) is 15.8. The number of piperidine rings is 1. The second-order valence-corrected chi connectivity index (χ2v) is 11.1. The lowest BCUT2D eigenvalue weighted by Crippen LogP contribution is -2.52. The summed E-state index contributed by atoms with van der Waals surface area (Å²) < 4.78 is 41.6. The summed E-state index contributed by atoms with van der Waals surface area (Å²) in [6, 6.07) is 13.8. The Morgan fingerprint density at radius 1 is 0.909 bits per heavy atom. The summed E-state index contributed by atoms with van der Waals surface area (Å²) in [6.07, 6.45) is 1.05. The molecule has 2 fully saturated rings. The van der Waals surface area contributed by atoms with Crippen LogP contribution in [0.25, 0.3) is 0 Å². The van der Waals surface area contributed by atoms with Crippen molar-refractivity contribution in [3.05, 3.63) is 59.9 Å². The number of carbonyl (C=O) groups excluding carboxylic acids is 1. The van der Waals surface area contributed by atoms with Gasteiger partial charge in [-0.2, -0.15) is 4.31 Å². The Morgan fingerprint density at radius 3 is 2.09 bits per heavy atom. The number of benzene rings is 2. The number of nitrogens with zero attached hydrogens (tertiary/aromatic N) is 3. The quantitative estimate of drug-likeness (QED) is 0.665. The second kappa shape index (κ2) is 9.81. The molecule has 2 aliphatic heterocycles. The average molecular weight is 474 g/mol. The van der Waals surface area contributed by atoms with E-state index < -0.39 is 10.0 Å². The van der Waals surface area contributed by atoms with Crippen molar-refractivity contribution in [2.75, 3.05) is 44.2 Å². The van der Waals surface area contributed by atoms with E-state index in [0.29, 0.717) is 68.6 Å². The number of piperazine rings is 1. The molecule has 0 bridgehead atoms. The van der Waals surface area contributed by atoms with E-state index in [9.17, 15) is 17.6 Å². The van der Waals surface area contributed by atoms with E-state index in [1.807, 2.05) is 28.0 Å². The van der Waals surface area contributed by atoms with Crippen LogP contribution in [-0.4, -0.2) is 62.8 Å². The van der Waals surface area contributed by atoms with Gasteiger partial charge in [0.05, 0.1) is 10.6 Å². The van der Waals surface area contributed by atoms with Gasteiger partial charge in [0, 0.05) is 45.2 Å². The van der Waals surface area contributed by atoms with Gasteiger partial charge in [-0.25, -0.2) is 12.8 Å². The fourth-order valence-electron chi connectivity index (χ4n) is 4.65. The molecule has 0 atom stereocenters. The van der Waals surface area contributed by atoms with Gasteiger partial charge in [0.2, 0.25) is 15.9 Å². The maximum absolute atomic E-state index is 14.1. The third kappa shape index (κ3) is 5.06. The van der Waals surface area contributed by atoms with Crippen molar-refractivity contribution in [3.8, 4) is 0 Å². The zero-order valence-electron chi connectivity index (χ0n) is 19.3. The minimum Gasteiger partial charge on any atom is -0.366 e. The molecule has 2 aliphatic rings. The largest absolute Gasteiger partial charge is 0.366 e. The first-order valence-electron chi connectivity index (χ1n) is 11.7. The molecule has 1 amide bonds. The monoisotopic (exact) mass is 473 g/mol. The Morgan fingerprint density at radius 2 is 1.52 bits per heavy atom. The van der Waals surface area contributed by atoms with Gasteiger partial charge in [0.1, 0.15) is 5.82 Å². The van der Waals surface area contributed by atoms with Crippen molar-refractivity contribution in [3.63, 3.8) is 0 Å². The molecule has 178 valence electrons. The van der Waals surface area contributed by atoms with E-state index >= 15 is 0 Å². The Labute approximate surface area is 196 Å². The fraction of sp³-hybridized carbons (Fsp3) is 0.480. The lowest BCUT2D eigenvalue weighted by molar-refractivity contribution is -0.137. The molecule has 33 heavy (non-hydrogen) atoms. The first-order valence-corrected chi connectivity index (χ1v) is 13.1. The normalized spacial score (nSPS) is 18.7. The predicted octanol–water partition coefficient (Wildman–Crippen LogP) is 3.70. The highest BCUT2D eigenvalue weighted by Gasteiger charge is 2.34. The minimum absolute atomic E-state index is 0.0847. The second-order valence-electron chi connectivity index (χ2n) is 9.17. The zero-order chi connectivity index (χ0) is 23.6. The van der Waals surface area contributed by atoms with Crippen LogP contribution in [0.15, 0.2) is 53.4 Å². The predicted molar refractivity (Wildman–Crippen MR) is 127 cm³/mol. The fourth-order valence-corrected chi connectivity index (χ4v) is 6.12. The molecule has 0 aromatic heterocycles. The highest BCUT2D eigenvalue weighted by atomic mass is 32.2. The summed E-state index contributed by atoms with van der Waals surface area (Å²) >= 11 is 0. The van der Waals surface area contributed by atoms with Gasteiger partial charge in [-0.05, 0) is 48.6 Å². The molecule has 2 aromatic rings. The van der Waals surface area contributed by atoms with Gasteiger partial charge in [-0.15, -0.1) is 0 Å². The third-order valence-electron chi connectivity index (χ3n) is 6.77. The van der Waals surface area contributed by atoms with Gasteiger partial charge >= 0.3 is 0 Å². The molecule has 2 aromatic carbocycles. The SMILES string of the molecule is CC(C)c1ccc(S(=O)(=O)N2CCC(C(=O)N3CCN(c4ccccc4F)CC3)CC2)cc1. The van der Waals surface area contributed by atoms with E-state index in [2.05, 4.69) is 13.8 Å². The Balaban J connectivity index is 1.31. The lowest BCUT2D eigenvalue weighted by Gasteiger charge is -2.39. The van der Waals surface area contributed by atoms with Crippen LogP contribution < -0.4 is 4.90 Å². The van der Waals surface area contributed by atoms with Crippen LogP contribution in [0.4, 0.5) is 10.1 Å². The number of hydrogen-bond acceptors (Lipinski definition) is 4. The van der Waals surface area contributed by atoms with Crippen LogP contribution in [-0.2, 0) is 14.8 Å². The van der Waals surface area contributed by atoms with Crippen LogP contribution in [0.3, 0.4) is 0 Å². The van der Waals surface area contributed by atoms with Gasteiger partial charge < -0.3 is 9.80 Å². The Bertz CT molecular complexity index is 1070. The van der Waals surface area contributed by atoms with Crippen LogP contribution in [0.1, 0.15) is 38.2 Å². The van der Waals surface area contributed by atoms with Crippen molar-refractivity contribution >= 4 is 21.6 Å². The summed E-state index contributed by atoms with van der Waals surface area (Å²) in [5.41, 5.74) is 1.68. The number of rotatable bonds is 5. The molecule has 4 rings (SSSR count). The molecule has 0 aliphatic carbocycles. The molecule has 0 N–H and O–H groups in total. The average Bonchev–Trinajstić information content (AvgIpc) is 2.84. The number of para-hydroxylation sites is 1. The molecular formula is C25H32FN3O3S. The van der Waals surface area contributed by atoms with Crippen molar-refractivity contribution in [2.45, 2.75) is 37.5 Å². The number of amides is 1. The van der Waals surface area contributed by atoms with Gasteiger partial charge in [0.25, 0.3) is 0 Å². The topological polar surface area (TPSA) is 60.9 Å². The zero-order valence-corrected chi connectivity index (χ0v) is 20.1. The molecule has 0 saturated carbocycles. The number of sulfonamides is 1. The van der Waals surface area contributed by atoms with Crippen LogP contribution in [0, 0.1) is 11.7 Å². The molecule has 0 radical (unpaired) electrons. The van der Waals surface area contributed by atoms with Gasteiger partial charge in [-0.1, -0.05) is 38.1 Å². The molecule has 8 heteroatoms. The third-order valence-corrected chi connectivity index (χ3v) is 8.69. The van der Waals surface area contributed by atoms with E-state index in [4.69, 9.17) is 0 Å². The molecular weight excluding hydrogens is 441 g/mol.